The van der Waals surface area contributed by atoms with Crippen molar-refractivity contribution >= 4 is 16.0 Å². The van der Waals surface area contributed by atoms with Gasteiger partial charge in [-0.25, -0.2) is 22.7 Å². The van der Waals surface area contributed by atoms with Crippen molar-refractivity contribution in [2.75, 3.05) is 43.4 Å². The fraction of sp³-hybridized carbons (Fsp3) is 0.765. The van der Waals surface area contributed by atoms with Gasteiger partial charge in [0.1, 0.15) is 0 Å². The van der Waals surface area contributed by atoms with Crippen molar-refractivity contribution < 1.29 is 8.42 Å². The van der Waals surface area contributed by atoms with Crippen LogP contribution in [0.3, 0.4) is 0 Å². The predicted molar refractivity (Wildman–Crippen MR) is 99.3 cm³/mol. The Morgan fingerprint density at radius 3 is 2.28 bits per heavy atom. The summed E-state index contributed by atoms with van der Waals surface area (Å²) in [5.41, 5.74) is 1.99. The Bertz CT molecular complexity index is 660. The van der Waals surface area contributed by atoms with Crippen molar-refractivity contribution in [3.8, 4) is 0 Å². The van der Waals surface area contributed by atoms with Gasteiger partial charge in [0.2, 0.25) is 16.0 Å². The summed E-state index contributed by atoms with van der Waals surface area (Å²) in [5.74, 6) is 1.01. The number of hydrogen-bond acceptors (Lipinski definition) is 6. The number of piperidine rings is 1. The third kappa shape index (κ3) is 4.89. The van der Waals surface area contributed by atoms with Crippen LogP contribution in [0.2, 0.25) is 0 Å². The van der Waals surface area contributed by atoms with Crippen molar-refractivity contribution in [3.63, 3.8) is 0 Å². The maximum atomic E-state index is 12.2. The van der Waals surface area contributed by atoms with Gasteiger partial charge in [0.05, 0.1) is 5.75 Å². The molecule has 1 aromatic rings. The van der Waals surface area contributed by atoms with Crippen molar-refractivity contribution in [1.82, 2.24) is 19.6 Å². The molecule has 0 radical (unpaired) electrons. The lowest BCUT2D eigenvalue weighted by atomic mass is 10.1. The largest absolute Gasteiger partial charge is 0.341 e. The minimum absolute atomic E-state index is 0.202. The van der Waals surface area contributed by atoms with Gasteiger partial charge in [-0.05, 0) is 45.6 Å². The van der Waals surface area contributed by atoms with E-state index in [1.165, 1.54) is 0 Å². The van der Waals surface area contributed by atoms with Gasteiger partial charge in [0.15, 0.2) is 0 Å². The van der Waals surface area contributed by atoms with E-state index in [1.807, 2.05) is 19.9 Å². The molecule has 0 unspecified atom stereocenters. The molecule has 0 saturated carbocycles. The SMILES string of the molecule is Cc1cc(C)nc(N2CCC(NCCS(=O)(=O)N3CCCC3)CC2)n1. The number of nitrogens with zero attached hydrogens (tertiary/aromatic N) is 4. The van der Waals surface area contributed by atoms with Crippen molar-refractivity contribution in [1.29, 1.82) is 0 Å². The van der Waals surface area contributed by atoms with Crippen LogP contribution in [-0.4, -0.2) is 67.2 Å². The zero-order valence-corrected chi connectivity index (χ0v) is 16.1. The Kier molecular flexibility index (Phi) is 5.91. The number of rotatable bonds is 6. The molecule has 7 nitrogen and oxygen atoms in total. The molecule has 3 heterocycles. The summed E-state index contributed by atoms with van der Waals surface area (Å²) >= 11 is 0. The lowest BCUT2D eigenvalue weighted by molar-refractivity contribution is 0.417. The van der Waals surface area contributed by atoms with Crippen LogP contribution in [0.4, 0.5) is 5.95 Å². The molecule has 140 valence electrons. The normalized spacial score (nSPS) is 20.3. The lowest BCUT2D eigenvalue weighted by Gasteiger charge is -2.32. The van der Waals surface area contributed by atoms with Gasteiger partial charge in [-0.1, -0.05) is 0 Å². The molecule has 2 aliphatic rings. The summed E-state index contributed by atoms with van der Waals surface area (Å²) in [7, 11) is -3.08. The van der Waals surface area contributed by atoms with E-state index >= 15 is 0 Å². The standard InChI is InChI=1S/C17H29N5O2S/c1-14-13-15(2)20-17(19-14)21-10-5-16(6-11-21)18-7-12-25(23,24)22-8-3-4-9-22/h13,16,18H,3-12H2,1-2H3. The summed E-state index contributed by atoms with van der Waals surface area (Å²) in [5, 5.41) is 3.42. The average molecular weight is 368 g/mol. The van der Waals surface area contributed by atoms with E-state index in [0.717, 1.165) is 56.1 Å². The molecular weight excluding hydrogens is 338 g/mol. The van der Waals surface area contributed by atoms with Crippen molar-refractivity contribution in [2.45, 2.75) is 45.6 Å². The summed E-state index contributed by atoms with van der Waals surface area (Å²) in [6.45, 7) is 7.70. The first-order chi connectivity index (χ1) is 11.9. The second kappa shape index (κ2) is 7.97. The minimum atomic E-state index is -3.08. The number of aryl methyl sites for hydroxylation is 2. The smallest absolute Gasteiger partial charge is 0.225 e. The number of hydrogen-bond donors (Lipinski definition) is 1. The van der Waals surface area contributed by atoms with E-state index in [4.69, 9.17) is 0 Å². The second-order valence-electron chi connectivity index (χ2n) is 7.09. The molecule has 1 aromatic heterocycles. The maximum absolute atomic E-state index is 12.2. The zero-order valence-electron chi connectivity index (χ0n) is 15.2. The molecule has 0 bridgehead atoms. The van der Waals surface area contributed by atoms with Gasteiger partial charge in [0.25, 0.3) is 0 Å². The van der Waals surface area contributed by atoms with Crippen LogP contribution in [0.1, 0.15) is 37.1 Å². The van der Waals surface area contributed by atoms with Crippen LogP contribution in [0, 0.1) is 13.8 Å². The fourth-order valence-electron chi connectivity index (χ4n) is 3.62. The maximum Gasteiger partial charge on any atom is 0.225 e. The molecule has 3 rings (SSSR count). The van der Waals surface area contributed by atoms with Crippen LogP contribution in [-0.2, 0) is 10.0 Å². The van der Waals surface area contributed by atoms with E-state index in [1.54, 1.807) is 4.31 Å². The quantitative estimate of drug-likeness (QED) is 0.811. The molecule has 8 heteroatoms. The van der Waals surface area contributed by atoms with Gasteiger partial charge in [-0.15, -0.1) is 0 Å². The Morgan fingerprint density at radius 2 is 1.68 bits per heavy atom. The second-order valence-corrected chi connectivity index (χ2v) is 9.18. The molecule has 2 aliphatic heterocycles. The predicted octanol–water partition coefficient (Wildman–Crippen LogP) is 1.08. The van der Waals surface area contributed by atoms with Crippen LogP contribution < -0.4 is 10.2 Å². The first kappa shape index (κ1) is 18.5. The number of anilines is 1. The zero-order chi connectivity index (χ0) is 17.9. The third-order valence-electron chi connectivity index (χ3n) is 5.00. The Hall–Kier alpha value is -1.25. The van der Waals surface area contributed by atoms with Crippen LogP contribution in [0.5, 0.6) is 0 Å². The number of sulfonamides is 1. The van der Waals surface area contributed by atoms with E-state index in [0.29, 0.717) is 25.7 Å². The molecule has 0 atom stereocenters. The van der Waals surface area contributed by atoms with Crippen LogP contribution in [0.15, 0.2) is 6.07 Å². The first-order valence-electron chi connectivity index (χ1n) is 9.22. The summed E-state index contributed by atoms with van der Waals surface area (Å²) in [4.78, 5) is 11.3. The van der Waals surface area contributed by atoms with Gasteiger partial charge < -0.3 is 10.2 Å². The summed E-state index contributed by atoms with van der Waals surface area (Å²) in [6.07, 6.45) is 3.96. The highest BCUT2D eigenvalue weighted by Gasteiger charge is 2.26. The molecule has 2 fully saturated rings. The molecule has 0 aromatic carbocycles. The van der Waals surface area contributed by atoms with Gasteiger partial charge in [-0.2, -0.15) is 0 Å². The van der Waals surface area contributed by atoms with E-state index in [9.17, 15) is 8.42 Å². The van der Waals surface area contributed by atoms with Crippen LogP contribution >= 0.6 is 0 Å². The highest BCUT2D eigenvalue weighted by molar-refractivity contribution is 7.89. The molecule has 1 N–H and O–H groups in total. The highest BCUT2D eigenvalue weighted by atomic mass is 32.2. The monoisotopic (exact) mass is 367 g/mol. The van der Waals surface area contributed by atoms with E-state index in [2.05, 4.69) is 20.2 Å². The Balaban J connectivity index is 1.43. The molecule has 0 aliphatic carbocycles. The summed E-state index contributed by atoms with van der Waals surface area (Å²) < 4.78 is 26.1. The summed E-state index contributed by atoms with van der Waals surface area (Å²) in [6, 6.07) is 2.36. The Labute approximate surface area is 150 Å². The molecule has 2 saturated heterocycles. The molecular formula is C17H29N5O2S. The molecule has 25 heavy (non-hydrogen) atoms. The molecule has 0 spiro atoms. The molecule has 0 amide bonds. The topological polar surface area (TPSA) is 78.4 Å². The number of nitrogens with one attached hydrogen (secondary N) is 1. The highest BCUT2D eigenvalue weighted by Crippen LogP contribution is 2.17. The van der Waals surface area contributed by atoms with Gasteiger partial charge >= 0.3 is 0 Å². The van der Waals surface area contributed by atoms with Gasteiger partial charge in [0, 0.05) is 50.2 Å². The van der Waals surface area contributed by atoms with Gasteiger partial charge in [-0.3, -0.25) is 0 Å². The van der Waals surface area contributed by atoms with E-state index < -0.39 is 10.0 Å². The third-order valence-corrected chi connectivity index (χ3v) is 6.87. The fourth-order valence-corrected chi connectivity index (χ4v) is 5.07. The average Bonchev–Trinajstić information content (AvgIpc) is 3.10. The first-order valence-corrected chi connectivity index (χ1v) is 10.8. The van der Waals surface area contributed by atoms with Crippen molar-refractivity contribution in [2.24, 2.45) is 0 Å². The lowest BCUT2D eigenvalue weighted by Crippen LogP contribution is -2.45. The van der Waals surface area contributed by atoms with E-state index in [-0.39, 0.29) is 5.75 Å². The van der Waals surface area contributed by atoms with Crippen LogP contribution in [0.25, 0.3) is 0 Å². The Morgan fingerprint density at radius 1 is 1.08 bits per heavy atom. The minimum Gasteiger partial charge on any atom is -0.341 e. The number of aromatic nitrogens is 2. The van der Waals surface area contributed by atoms with Crippen molar-refractivity contribution in [3.05, 3.63) is 17.5 Å².